The second-order valence-corrected chi connectivity index (χ2v) is 7.34. The lowest BCUT2D eigenvalue weighted by molar-refractivity contribution is -0.148. The Balaban J connectivity index is 1.93. The van der Waals surface area contributed by atoms with Gasteiger partial charge in [0.15, 0.2) is 6.61 Å². The second-order valence-electron chi connectivity index (χ2n) is 6.13. The number of hydrogen-bond donors (Lipinski definition) is 2. The van der Waals surface area contributed by atoms with Crippen LogP contribution in [0.2, 0.25) is 0 Å². The Morgan fingerprint density at radius 2 is 2.04 bits per heavy atom. The fraction of sp³-hybridized carbons (Fsp3) is 0.471. The van der Waals surface area contributed by atoms with Crippen molar-refractivity contribution in [3.8, 4) is 0 Å². The van der Waals surface area contributed by atoms with E-state index < -0.39 is 24.5 Å². The van der Waals surface area contributed by atoms with Gasteiger partial charge in [-0.2, -0.15) is 0 Å². The molecule has 146 valence electrons. The molecular weight excluding hydrogens is 372 g/mol. The fourth-order valence-electron chi connectivity index (χ4n) is 2.24. The monoisotopic (exact) mass is 394 g/mol. The molecule has 0 aromatic carbocycles. The Morgan fingerprint density at radius 1 is 1.33 bits per heavy atom. The number of amides is 3. The molecule has 0 radical (unpaired) electrons. The van der Waals surface area contributed by atoms with Gasteiger partial charge in [0.1, 0.15) is 11.4 Å². The van der Waals surface area contributed by atoms with Gasteiger partial charge in [0, 0.05) is 10.9 Å². The van der Waals surface area contributed by atoms with E-state index in [0.717, 1.165) is 15.0 Å². The number of hydrogen-bond acceptors (Lipinski definition) is 7. The highest BCUT2D eigenvalue weighted by Crippen LogP contribution is 2.25. The molecule has 2 heterocycles. The highest BCUT2D eigenvalue weighted by molar-refractivity contribution is 7.18. The van der Waals surface area contributed by atoms with Crippen molar-refractivity contribution in [2.75, 3.05) is 6.61 Å². The Bertz CT molecular complexity index is 933. The summed E-state index contributed by atoms with van der Waals surface area (Å²) in [4.78, 5) is 53.4. The first kappa shape index (κ1) is 20.6. The Labute approximate surface area is 159 Å². The van der Waals surface area contributed by atoms with Crippen LogP contribution in [-0.4, -0.2) is 40.1 Å². The molecule has 2 aromatic rings. The molecule has 0 spiro atoms. The van der Waals surface area contributed by atoms with Crippen LogP contribution in [0.3, 0.4) is 0 Å². The van der Waals surface area contributed by atoms with Gasteiger partial charge in [0.05, 0.1) is 11.7 Å². The van der Waals surface area contributed by atoms with Crippen molar-refractivity contribution >= 4 is 39.5 Å². The number of carbonyl (C=O) groups excluding carboxylic acids is 3. The topological polar surface area (TPSA) is 119 Å². The van der Waals surface area contributed by atoms with E-state index in [1.54, 1.807) is 6.92 Å². The van der Waals surface area contributed by atoms with Crippen molar-refractivity contribution in [1.29, 1.82) is 0 Å². The summed E-state index contributed by atoms with van der Waals surface area (Å²) in [5.74, 6) is -1.53. The predicted octanol–water partition coefficient (Wildman–Crippen LogP) is 1.24. The number of fused-ring (bicyclic) bond motifs is 1. The van der Waals surface area contributed by atoms with E-state index in [1.807, 2.05) is 20.8 Å². The molecule has 2 N–H and O–H groups in total. The van der Waals surface area contributed by atoms with Crippen LogP contribution in [0.4, 0.5) is 4.79 Å². The van der Waals surface area contributed by atoms with E-state index in [0.29, 0.717) is 16.6 Å². The number of rotatable bonds is 6. The van der Waals surface area contributed by atoms with Crippen LogP contribution >= 0.6 is 11.3 Å². The van der Waals surface area contributed by atoms with E-state index in [-0.39, 0.29) is 18.1 Å². The number of esters is 1. The molecule has 0 aliphatic heterocycles. The Morgan fingerprint density at radius 3 is 2.70 bits per heavy atom. The summed E-state index contributed by atoms with van der Waals surface area (Å²) in [6.07, 6.45) is 1.99. The third kappa shape index (κ3) is 5.13. The second kappa shape index (κ2) is 8.76. The maximum Gasteiger partial charge on any atom is 0.326 e. The SMILES string of the molecule is CC[C@H](C)NC(=O)NC(=O)COC(=O)Cn1cnc2sc(C)c(C)c2c1=O. The zero-order chi connectivity index (χ0) is 20.1. The molecule has 0 unspecified atom stereocenters. The maximum absolute atomic E-state index is 12.5. The van der Waals surface area contributed by atoms with Gasteiger partial charge >= 0.3 is 12.0 Å². The molecule has 2 aromatic heterocycles. The average molecular weight is 394 g/mol. The molecule has 0 aliphatic rings. The first-order valence-corrected chi connectivity index (χ1v) is 9.25. The van der Waals surface area contributed by atoms with Crippen molar-refractivity contribution in [1.82, 2.24) is 20.2 Å². The predicted molar refractivity (Wildman–Crippen MR) is 101 cm³/mol. The molecular formula is C17H22N4O5S. The van der Waals surface area contributed by atoms with Gasteiger partial charge < -0.3 is 10.1 Å². The summed E-state index contributed by atoms with van der Waals surface area (Å²) < 4.78 is 5.96. The highest BCUT2D eigenvalue weighted by Gasteiger charge is 2.16. The molecule has 10 heteroatoms. The van der Waals surface area contributed by atoms with Crippen molar-refractivity contribution in [3.05, 3.63) is 27.1 Å². The van der Waals surface area contributed by atoms with Gasteiger partial charge in [0.25, 0.3) is 11.5 Å². The van der Waals surface area contributed by atoms with E-state index in [4.69, 9.17) is 4.74 Å². The quantitative estimate of drug-likeness (QED) is 0.712. The van der Waals surface area contributed by atoms with E-state index in [2.05, 4.69) is 15.6 Å². The fourth-order valence-corrected chi connectivity index (χ4v) is 3.23. The molecule has 0 aliphatic carbocycles. The number of urea groups is 1. The van der Waals surface area contributed by atoms with E-state index in [9.17, 15) is 19.2 Å². The van der Waals surface area contributed by atoms with Gasteiger partial charge in [-0.3, -0.25) is 24.3 Å². The van der Waals surface area contributed by atoms with Crippen LogP contribution in [-0.2, 0) is 20.9 Å². The molecule has 2 rings (SSSR count). The molecule has 1 atom stereocenters. The number of carbonyl (C=O) groups is 3. The van der Waals surface area contributed by atoms with Crippen LogP contribution in [0.5, 0.6) is 0 Å². The van der Waals surface area contributed by atoms with Crippen LogP contribution in [0, 0.1) is 13.8 Å². The van der Waals surface area contributed by atoms with Crippen LogP contribution in [0.1, 0.15) is 30.7 Å². The standard InChI is InChI=1S/C17H22N4O5S/c1-5-9(2)19-17(25)20-12(22)7-26-13(23)6-21-8-18-15-14(16(21)24)10(3)11(4)27-15/h8-9H,5-7H2,1-4H3,(H2,19,20,22,25)/t9-/m0/s1. The third-order valence-electron chi connectivity index (χ3n) is 4.06. The molecule has 9 nitrogen and oxygen atoms in total. The average Bonchev–Trinajstić information content (AvgIpc) is 2.90. The van der Waals surface area contributed by atoms with E-state index in [1.165, 1.54) is 17.7 Å². The van der Waals surface area contributed by atoms with Crippen molar-refractivity contribution in [3.63, 3.8) is 0 Å². The lowest BCUT2D eigenvalue weighted by Crippen LogP contribution is -2.44. The molecule has 3 amide bonds. The van der Waals surface area contributed by atoms with Gasteiger partial charge in [0.2, 0.25) is 0 Å². The Hall–Kier alpha value is -2.75. The zero-order valence-corrected chi connectivity index (χ0v) is 16.4. The summed E-state index contributed by atoms with van der Waals surface area (Å²) in [6.45, 7) is 6.42. The summed E-state index contributed by atoms with van der Waals surface area (Å²) >= 11 is 1.41. The van der Waals surface area contributed by atoms with Gasteiger partial charge in [-0.1, -0.05) is 6.92 Å². The summed E-state index contributed by atoms with van der Waals surface area (Å²) in [5, 5.41) is 5.10. The molecule has 0 saturated carbocycles. The molecule has 0 fully saturated rings. The normalized spacial score (nSPS) is 11.9. The van der Waals surface area contributed by atoms with Crippen LogP contribution in [0.15, 0.2) is 11.1 Å². The smallest absolute Gasteiger partial charge is 0.326 e. The summed E-state index contributed by atoms with van der Waals surface area (Å²) in [6, 6.07) is -0.738. The minimum atomic E-state index is -0.777. The van der Waals surface area contributed by atoms with Crippen LogP contribution < -0.4 is 16.2 Å². The molecule has 27 heavy (non-hydrogen) atoms. The Kier molecular flexibility index (Phi) is 6.67. The number of thiophene rings is 1. The lowest BCUT2D eigenvalue weighted by Gasteiger charge is -2.12. The third-order valence-corrected chi connectivity index (χ3v) is 5.18. The zero-order valence-electron chi connectivity index (χ0n) is 15.6. The van der Waals surface area contributed by atoms with Crippen molar-refractivity contribution < 1.29 is 19.1 Å². The number of aromatic nitrogens is 2. The van der Waals surface area contributed by atoms with Gasteiger partial charge in [-0.05, 0) is 32.8 Å². The minimum Gasteiger partial charge on any atom is -0.454 e. The molecule has 0 bridgehead atoms. The molecule has 0 saturated heterocycles. The first-order valence-electron chi connectivity index (χ1n) is 8.44. The van der Waals surface area contributed by atoms with Gasteiger partial charge in [-0.25, -0.2) is 9.78 Å². The summed E-state index contributed by atoms with van der Waals surface area (Å²) in [5.41, 5.74) is 0.498. The first-order chi connectivity index (χ1) is 12.7. The number of nitrogens with zero attached hydrogens (tertiary/aromatic N) is 2. The highest BCUT2D eigenvalue weighted by atomic mass is 32.1. The summed E-state index contributed by atoms with van der Waals surface area (Å²) in [7, 11) is 0. The number of aryl methyl sites for hydroxylation is 2. The number of nitrogens with one attached hydrogen (secondary N) is 2. The number of imide groups is 1. The van der Waals surface area contributed by atoms with Crippen LogP contribution in [0.25, 0.3) is 10.2 Å². The van der Waals surface area contributed by atoms with Crippen molar-refractivity contribution in [2.45, 2.75) is 46.7 Å². The van der Waals surface area contributed by atoms with E-state index >= 15 is 0 Å². The minimum absolute atomic E-state index is 0.0844. The van der Waals surface area contributed by atoms with Crippen molar-refractivity contribution in [2.24, 2.45) is 0 Å². The van der Waals surface area contributed by atoms with Gasteiger partial charge in [-0.15, -0.1) is 11.3 Å². The lowest BCUT2D eigenvalue weighted by atomic mass is 10.2. The number of ether oxygens (including phenoxy) is 1. The largest absolute Gasteiger partial charge is 0.454 e. The maximum atomic E-state index is 12.5.